The Balaban J connectivity index is 2.08. The third kappa shape index (κ3) is 5.23. The zero-order valence-electron chi connectivity index (χ0n) is 10.6. The molecule has 2 rings (SSSR count). The first kappa shape index (κ1) is 16.1. The molecule has 0 fully saturated rings. The molecule has 0 radical (unpaired) electrons. The molecule has 112 valence electrons. The molecule has 8 heteroatoms. The number of phosphoric ester groups is 1. The molecule has 0 amide bonds. The number of phosphoric acid groups is 1. The van der Waals surface area contributed by atoms with Crippen LogP contribution in [0.2, 0.25) is 10.0 Å². The molecule has 5 nitrogen and oxygen atoms in total. The van der Waals surface area contributed by atoms with E-state index in [0.717, 1.165) is 0 Å². The van der Waals surface area contributed by atoms with Crippen LogP contribution in [0.4, 0.5) is 0 Å². The van der Waals surface area contributed by atoms with Crippen LogP contribution in [0.1, 0.15) is 5.56 Å². The van der Waals surface area contributed by atoms with Crippen molar-refractivity contribution in [1.82, 2.24) is 0 Å². The van der Waals surface area contributed by atoms with Gasteiger partial charge in [0.25, 0.3) is 0 Å². The highest BCUT2D eigenvalue weighted by Crippen LogP contribution is 2.41. The average molecular weight is 349 g/mol. The van der Waals surface area contributed by atoms with Crippen LogP contribution in [-0.4, -0.2) is 9.79 Å². The predicted molar refractivity (Wildman–Crippen MR) is 79.9 cm³/mol. The maximum absolute atomic E-state index is 10.8. The topological polar surface area (TPSA) is 76.0 Å². The van der Waals surface area contributed by atoms with E-state index in [1.165, 1.54) is 12.1 Å². The van der Waals surface area contributed by atoms with E-state index in [2.05, 4.69) is 4.52 Å². The Labute approximate surface area is 131 Å². The normalized spacial score (nSPS) is 11.2. The molecular formula is C13H11Cl2O5P. The van der Waals surface area contributed by atoms with Crippen LogP contribution in [0, 0.1) is 0 Å². The van der Waals surface area contributed by atoms with Gasteiger partial charge in [0.2, 0.25) is 0 Å². The van der Waals surface area contributed by atoms with Crippen molar-refractivity contribution in [2.75, 3.05) is 0 Å². The van der Waals surface area contributed by atoms with Crippen LogP contribution >= 0.6 is 31.0 Å². The Hall–Kier alpha value is -1.23. The number of hydrogen-bond acceptors (Lipinski definition) is 3. The first-order chi connectivity index (χ1) is 9.83. The Bertz CT molecular complexity index is 669. The van der Waals surface area contributed by atoms with Crippen molar-refractivity contribution < 1.29 is 23.6 Å². The summed E-state index contributed by atoms with van der Waals surface area (Å²) in [6, 6.07) is 11.4. The Kier molecular flexibility index (Phi) is 5.14. The summed E-state index contributed by atoms with van der Waals surface area (Å²) < 4.78 is 20.9. The molecule has 0 aromatic heterocycles. The molecule has 0 saturated carbocycles. The van der Waals surface area contributed by atoms with Gasteiger partial charge < -0.3 is 9.26 Å². The molecule has 0 unspecified atom stereocenters. The summed E-state index contributed by atoms with van der Waals surface area (Å²) in [7, 11) is -4.66. The standard InChI is InChI=1S/C13H11Cl2O5P/c14-10-2-4-11(5-3-10)19-8-9-1-6-12(15)13(7-9)20-21(16,17)18/h1-7H,8H2,(H2,16,17,18). The Morgan fingerprint density at radius 2 is 1.71 bits per heavy atom. The van der Waals surface area contributed by atoms with Crippen LogP contribution in [0.3, 0.4) is 0 Å². The molecule has 2 aromatic rings. The van der Waals surface area contributed by atoms with Crippen molar-refractivity contribution in [2.45, 2.75) is 6.61 Å². The van der Waals surface area contributed by atoms with Crippen molar-refractivity contribution in [3.8, 4) is 11.5 Å². The highest BCUT2D eigenvalue weighted by atomic mass is 35.5. The van der Waals surface area contributed by atoms with Gasteiger partial charge in [-0.25, -0.2) is 4.57 Å². The fourth-order valence-corrected chi connectivity index (χ4v) is 2.28. The first-order valence-electron chi connectivity index (χ1n) is 5.75. The Morgan fingerprint density at radius 3 is 2.33 bits per heavy atom. The van der Waals surface area contributed by atoms with Crippen molar-refractivity contribution in [3.63, 3.8) is 0 Å². The summed E-state index contributed by atoms with van der Waals surface area (Å²) in [5.74, 6) is 0.522. The minimum Gasteiger partial charge on any atom is -0.489 e. The monoisotopic (exact) mass is 348 g/mol. The van der Waals surface area contributed by atoms with Crippen LogP contribution in [0.25, 0.3) is 0 Å². The van der Waals surface area contributed by atoms with Gasteiger partial charge in [0, 0.05) is 5.02 Å². The molecule has 0 saturated heterocycles. The van der Waals surface area contributed by atoms with E-state index in [-0.39, 0.29) is 17.4 Å². The highest BCUT2D eigenvalue weighted by Gasteiger charge is 2.18. The molecule has 2 aromatic carbocycles. The number of benzene rings is 2. The molecule has 0 bridgehead atoms. The number of rotatable bonds is 5. The highest BCUT2D eigenvalue weighted by molar-refractivity contribution is 7.46. The SMILES string of the molecule is O=P(O)(O)Oc1cc(COc2ccc(Cl)cc2)ccc1Cl. The summed E-state index contributed by atoms with van der Waals surface area (Å²) >= 11 is 11.6. The summed E-state index contributed by atoms with van der Waals surface area (Å²) in [4.78, 5) is 17.6. The van der Waals surface area contributed by atoms with Crippen molar-refractivity contribution in [1.29, 1.82) is 0 Å². The molecule has 0 heterocycles. The lowest BCUT2D eigenvalue weighted by molar-refractivity contribution is 0.282. The number of ether oxygens (including phenoxy) is 1. The maximum Gasteiger partial charge on any atom is 0.524 e. The zero-order chi connectivity index (χ0) is 15.5. The fourth-order valence-electron chi connectivity index (χ4n) is 1.53. The van der Waals surface area contributed by atoms with Gasteiger partial charge in [-0.05, 0) is 42.0 Å². The van der Waals surface area contributed by atoms with Gasteiger partial charge >= 0.3 is 7.82 Å². The van der Waals surface area contributed by atoms with Gasteiger partial charge in [-0.1, -0.05) is 29.3 Å². The fraction of sp³-hybridized carbons (Fsp3) is 0.0769. The van der Waals surface area contributed by atoms with Crippen LogP contribution in [0.5, 0.6) is 11.5 Å². The van der Waals surface area contributed by atoms with Gasteiger partial charge in [0.05, 0.1) is 5.02 Å². The number of halogens is 2. The molecule has 0 aliphatic rings. The van der Waals surface area contributed by atoms with Gasteiger partial charge in [-0.3, -0.25) is 9.79 Å². The minimum atomic E-state index is -4.66. The van der Waals surface area contributed by atoms with E-state index < -0.39 is 7.82 Å². The van der Waals surface area contributed by atoms with Gasteiger partial charge in [-0.15, -0.1) is 0 Å². The van der Waals surface area contributed by atoms with Gasteiger partial charge in [0.15, 0.2) is 5.75 Å². The quantitative estimate of drug-likeness (QED) is 0.797. The maximum atomic E-state index is 10.8. The molecule has 21 heavy (non-hydrogen) atoms. The molecule has 0 atom stereocenters. The zero-order valence-corrected chi connectivity index (χ0v) is 13.0. The molecule has 2 N–H and O–H groups in total. The van der Waals surface area contributed by atoms with Crippen LogP contribution in [0.15, 0.2) is 42.5 Å². The molecular weight excluding hydrogens is 338 g/mol. The van der Waals surface area contributed by atoms with E-state index in [9.17, 15) is 4.57 Å². The molecule has 0 aliphatic carbocycles. The van der Waals surface area contributed by atoms with Crippen molar-refractivity contribution >= 4 is 31.0 Å². The van der Waals surface area contributed by atoms with E-state index >= 15 is 0 Å². The molecule has 0 aliphatic heterocycles. The lowest BCUT2D eigenvalue weighted by atomic mass is 10.2. The summed E-state index contributed by atoms with van der Waals surface area (Å²) in [5, 5.41) is 0.708. The second-order valence-electron chi connectivity index (χ2n) is 4.09. The third-order valence-electron chi connectivity index (χ3n) is 2.43. The Morgan fingerprint density at radius 1 is 1.05 bits per heavy atom. The van der Waals surface area contributed by atoms with Gasteiger partial charge in [0.1, 0.15) is 12.4 Å². The summed E-state index contributed by atoms with van der Waals surface area (Å²) in [6.07, 6.45) is 0. The number of hydrogen-bond donors (Lipinski definition) is 2. The van der Waals surface area contributed by atoms with Crippen molar-refractivity contribution in [2.24, 2.45) is 0 Å². The summed E-state index contributed by atoms with van der Waals surface area (Å²) in [6.45, 7) is 0.191. The second kappa shape index (κ2) is 6.69. The smallest absolute Gasteiger partial charge is 0.489 e. The summed E-state index contributed by atoms with van der Waals surface area (Å²) in [5.41, 5.74) is 0.651. The molecule has 0 spiro atoms. The van der Waals surface area contributed by atoms with E-state index in [1.807, 2.05) is 0 Å². The lowest BCUT2D eigenvalue weighted by Gasteiger charge is -2.11. The lowest BCUT2D eigenvalue weighted by Crippen LogP contribution is -1.97. The van der Waals surface area contributed by atoms with Crippen LogP contribution < -0.4 is 9.26 Å². The minimum absolute atomic E-state index is 0.0952. The largest absolute Gasteiger partial charge is 0.524 e. The second-order valence-corrected chi connectivity index (χ2v) is 6.10. The van der Waals surface area contributed by atoms with Crippen molar-refractivity contribution in [3.05, 3.63) is 58.1 Å². The predicted octanol–water partition coefficient (Wildman–Crippen LogP) is 4.04. The van der Waals surface area contributed by atoms with E-state index in [0.29, 0.717) is 16.3 Å². The third-order valence-corrected chi connectivity index (χ3v) is 3.43. The van der Waals surface area contributed by atoms with E-state index in [4.69, 9.17) is 37.7 Å². The average Bonchev–Trinajstić information content (AvgIpc) is 2.40. The first-order valence-corrected chi connectivity index (χ1v) is 8.04. The van der Waals surface area contributed by atoms with E-state index in [1.54, 1.807) is 30.3 Å². The van der Waals surface area contributed by atoms with Gasteiger partial charge in [-0.2, -0.15) is 0 Å². The van der Waals surface area contributed by atoms with Crippen LogP contribution in [-0.2, 0) is 11.2 Å².